The van der Waals surface area contributed by atoms with Crippen LogP contribution in [0.4, 0.5) is 0 Å². The average molecular weight is 353 g/mol. The first kappa shape index (κ1) is 18.5. The van der Waals surface area contributed by atoms with Crippen molar-refractivity contribution in [3.05, 3.63) is 65.7 Å². The van der Waals surface area contributed by atoms with Crippen LogP contribution in [0.5, 0.6) is 5.75 Å². The molecule has 1 aliphatic rings. The van der Waals surface area contributed by atoms with Gasteiger partial charge in [0.1, 0.15) is 5.75 Å². The number of piperazine rings is 1. The Morgan fingerprint density at radius 1 is 1.08 bits per heavy atom. The highest BCUT2D eigenvalue weighted by Crippen LogP contribution is 2.12. The number of nitrogens with zero attached hydrogens (tertiary/aromatic N) is 1. The van der Waals surface area contributed by atoms with Gasteiger partial charge >= 0.3 is 0 Å². The Kier molecular flexibility index (Phi) is 6.67. The van der Waals surface area contributed by atoms with Gasteiger partial charge in [0, 0.05) is 6.42 Å². The number of carbonyl (C=O) groups is 1. The molecule has 2 aromatic carbocycles. The van der Waals surface area contributed by atoms with Crippen LogP contribution in [0.15, 0.2) is 54.6 Å². The minimum Gasteiger partial charge on any atom is -0.484 e. The lowest BCUT2D eigenvalue weighted by molar-refractivity contribution is -0.904. The Morgan fingerprint density at radius 3 is 2.58 bits per heavy atom. The van der Waals surface area contributed by atoms with E-state index in [1.807, 2.05) is 36.1 Å². The fraction of sp³-hybridized carbons (Fsp3) is 0.409. The normalized spacial score (nSPS) is 15.0. The Hall–Kier alpha value is -2.33. The van der Waals surface area contributed by atoms with Gasteiger partial charge in [-0.1, -0.05) is 42.5 Å². The molecule has 0 atom stereocenters. The van der Waals surface area contributed by atoms with Gasteiger partial charge in [-0.15, -0.1) is 0 Å². The Bertz CT molecular complexity index is 694. The second kappa shape index (κ2) is 9.39. The molecule has 1 aliphatic heterocycles. The van der Waals surface area contributed by atoms with Crippen molar-refractivity contribution in [3.8, 4) is 5.75 Å². The van der Waals surface area contributed by atoms with E-state index in [0.29, 0.717) is 0 Å². The number of hydrogen-bond acceptors (Lipinski definition) is 2. The second-order valence-electron chi connectivity index (χ2n) is 7.08. The molecule has 0 spiro atoms. The van der Waals surface area contributed by atoms with Crippen LogP contribution in [0.3, 0.4) is 0 Å². The van der Waals surface area contributed by atoms with Gasteiger partial charge in [-0.05, 0) is 36.6 Å². The molecule has 1 heterocycles. The van der Waals surface area contributed by atoms with Crippen LogP contribution in [-0.4, -0.2) is 50.1 Å². The number of quaternary nitrogens is 1. The number of amides is 1. The van der Waals surface area contributed by atoms with Crippen molar-refractivity contribution in [2.75, 3.05) is 39.3 Å². The maximum atomic E-state index is 12.4. The lowest BCUT2D eigenvalue weighted by atomic mass is 10.1. The number of benzene rings is 2. The lowest BCUT2D eigenvalue weighted by Crippen LogP contribution is -3.14. The smallest absolute Gasteiger partial charge is 0.260 e. The monoisotopic (exact) mass is 353 g/mol. The van der Waals surface area contributed by atoms with Gasteiger partial charge in [0.25, 0.3) is 5.91 Å². The van der Waals surface area contributed by atoms with E-state index in [1.54, 1.807) is 4.90 Å². The maximum absolute atomic E-state index is 12.4. The van der Waals surface area contributed by atoms with E-state index in [9.17, 15) is 4.79 Å². The molecule has 138 valence electrons. The van der Waals surface area contributed by atoms with Gasteiger partial charge in [-0.2, -0.15) is 0 Å². The number of rotatable bonds is 7. The van der Waals surface area contributed by atoms with Crippen molar-refractivity contribution < 1.29 is 14.4 Å². The zero-order valence-corrected chi connectivity index (χ0v) is 15.6. The van der Waals surface area contributed by atoms with Crippen LogP contribution in [-0.2, 0) is 11.2 Å². The fourth-order valence-electron chi connectivity index (χ4n) is 3.45. The first-order valence-corrected chi connectivity index (χ1v) is 9.55. The molecule has 0 aromatic heterocycles. The third kappa shape index (κ3) is 5.60. The number of nitrogens with one attached hydrogen (secondary N) is 1. The van der Waals surface area contributed by atoms with Crippen molar-refractivity contribution in [3.63, 3.8) is 0 Å². The average Bonchev–Trinajstić information content (AvgIpc) is 2.68. The second-order valence-corrected chi connectivity index (χ2v) is 7.08. The first-order valence-electron chi connectivity index (χ1n) is 9.55. The highest BCUT2D eigenvalue weighted by Gasteiger charge is 2.23. The summed E-state index contributed by atoms with van der Waals surface area (Å²) in [5.41, 5.74) is 2.55. The van der Waals surface area contributed by atoms with Crippen molar-refractivity contribution >= 4 is 5.91 Å². The summed E-state index contributed by atoms with van der Waals surface area (Å²) in [6.45, 7) is 7.06. The molecule has 1 amide bonds. The molecule has 3 rings (SSSR count). The minimum absolute atomic E-state index is 0.0924. The first-order chi connectivity index (χ1) is 12.7. The van der Waals surface area contributed by atoms with E-state index in [-0.39, 0.29) is 12.5 Å². The molecule has 1 saturated heterocycles. The van der Waals surface area contributed by atoms with E-state index >= 15 is 0 Å². The van der Waals surface area contributed by atoms with Crippen LogP contribution >= 0.6 is 0 Å². The van der Waals surface area contributed by atoms with Gasteiger partial charge < -0.3 is 14.5 Å². The predicted molar refractivity (Wildman–Crippen MR) is 104 cm³/mol. The van der Waals surface area contributed by atoms with Crippen LogP contribution in [0.1, 0.15) is 17.5 Å². The molecule has 0 unspecified atom stereocenters. The largest absolute Gasteiger partial charge is 0.484 e. The third-order valence-corrected chi connectivity index (χ3v) is 5.01. The summed E-state index contributed by atoms with van der Waals surface area (Å²) in [6.07, 6.45) is 2.33. The van der Waals surface area contributed by atoms with Crippen molar-refractivity contribution in [2.24, 2.45) is 0 Å². The summed E-state index contributed by atoms with van der Waals surface area (Å²) >= 11 is 0. The number of aryl methyl sites for hydroxylation is 2. The van der Waals surface area contributed by atoms with Crippen molar-refractivity contribution in [1.29, 1.82) is 0 Å². The predicted octanol–water partition coefficient (Wildman–Crippen LogP) is 1.73. The molecular formula is C22H29N2O2+. The highest BCUT2D eigenvalue weighted by molar-refractivity contribution is 5.77. The summed E-state index contributed by atoms with van der Waals surface area (Å²) in [5, 5.41) is 0. The summed E-state index contributed by atoms with van der Waals surface area (Å²) in [5.74, 6) is 0.860. The molecule has 0 radical (unpaired) electrons. The zero-order valence-electron chi connectivity index (χ0n) is 15.6. The van der Waals surface area contributed by atoms with Crippen LogP contribution in [0.2, 0.25) is 0 Å². The summed E-state index contributed by atoms with van der Waals surface area (Å²) in [6, 6.07) is 18.5. The summed E-state index contributed by atoms with van der Waals surface area (Å²) in [7, 11) is 0. The highest BCUT2D eigenvalue weighted by atomic mass is 16.5. The molecule has 26 heavy (non-hydrogen) atoms. The maximum Gasteiger partial charge on any atom is 0.260 e. The van der Waals surface area contributed by atoms with E-state index in [4.69, 9.17) is 4.74 Å². The Balaban J connectivity index is 1.34. The molecule has 1 fully saturated rings. The van der Waals surface area contributed by atoms with Crippen LogP contribution in [0, 0.1) is 6.92 Å². The number of ether oxygens (including phenoxy) is 1. The van der Waals surface area contributed by atoms with Gasteiger partial charge in [0.2, 0.25) is 0 Å². The van der Waals surface area contributed by atoms with Crippen molar-refractivity contribution in [2.45, 2.75) is 19.8 Å². The molecule has 0 bridgehead atoms. The van der Waals surface area contributed by atoms with E-state index < -0.39 is 0 Å². The summed E-state index contributed by atoms with van der Waals surface area (Å²) < 4.78 is 5.64. The van der Waals surface area contributed by atoms with Gasteiger partial charge in [0.15, 0.2) is 6.61 Å². The topological polar surface area (TPSA) is 34.0 Å². The molecule has 4 nitrogen and oxygen atoms in total. The molecule has 4 heteroatoms. The Labute approximate surface area is 156 Å². The van der Waals surface area contributed by atoms with E-state index in [0.717, 1.165) is 43.9 Å². The van der Waals surface area contributed by atoms with Gasteiger partial charge in [0.05, 0.1) is 32.7 Å². The third-order valence-electron chi connectivity index (χ3n) is 5.01. The molecular weight excluding hydrogens is 324 g/mol. The molecule has 0 aliphatic carbocycles. The molecule has 0 saturated carbocycles. The molecule has 1 N–H and O–H groups in total. The quantitative estimate of drug-likeness (QED) is 0.823. The number of hydrogen-bond donors (Lipinski definition) is 1. The zero-order chi connectivity index (χ0) is 18.2. The molecule has 2 aromatic rings. The van der Waals surface area contributed by atoms with Crippen LogP contribution < -0.4 is 9.64 Å². The Morgan fingerprint density at radius 2 is 1.85 bits per heavy atom. The lowest BCUT2D eigenvalue weighted by Gasteiger charge is -2.32. The fourth-order valence-corrected chi connectivity index (χ4v) is 3.45. The van der Waals surface area contributed by atoms with Gasteiger partial charge in [-0.25, -0.2) is 0 Å². The SMILES string of the molecule is Cc1cccc(OCC(=O)N2CC[NH+](CCCc3ccccc3)CC2)c1. The number of carbonyl (C=O) groups excluding carboxylic acids is 1. The summed E-state index contributed by atoms with van der Waals surface area (Å²) in [4.78, 5) is 15.9. The van der Waals surface area contributed by atoms with Gasteiger partial charge in [-0.3, -0.25) is 4.79 Å². The standard InChI is InChI=1S/C22H28N2O2/c1-19-7-5-11-21(17-19)26-18-22(25)24-15-13-23(14-16-24)12-6-10-20-8-3-2-4-9-20/h2-5,7-9,11,17H,6,10,12-16,18H2,1H3/p+1. The van der Waals surface area contributed by atoms with Crippen molar-refractivity contribution in [1.82, 2.24) is 4.90 Å². The van der Waals surface area contributed by atoms with Crippen LogP contribution in [0.25, 0.3) is 0 Å². The van der Waals surface area contributed by atoms with E-state index in [1.165, 1.54) is 18.5 Å². The minimum atomic E-state index is 0.0924. The van der Waals surface area contributed by atoms with E-state index in [2.05, 4.69) is 30.3 Å².